The van der Waals surface area contributed by atoms with Crippen LogP contribution in [-0.2, 0) is 9.53 Å². The van der Waals surface area contributed by atoms with Crippen LogP contribution >= 0.6 is 11.6 Å². The van der Waals surface area contributed by atoms with Crippen molar-refractivity contribution in [3.8, 4) is 0 Å². The van der Waals surface area contributed by atoms with Crippen LogP contribution < -0.4 is 11.1 Å². The fraction of sp³-hybridized carbons (Fsp3) is 0.500. The van der Waals surface area contributed by atoms with Crippen LogP contribution in [0.25, 0.3) is 0 Å². The van der Waals surface area contributed by atoms with E-state index in [1.165, 1.54) is 0 Å². The molecule has 6 heteroatoms. The molecule has 0 aliphatic carbocycles. The molecule has 0 aliphatic rings. The summed E-state index contributed by atoms with van der Waals surface area (Å²) in [4.78, 5) is 14.0. The summed E-state index contributed by atoms with van der Waals surface area (Å²) in [6.45, 7) is 7.10. The summed E-state index contributed by atoms with van der Waals surface area (Å²) >= 11 is 5.82. The van der Waals surface area contributed by atoms with E-state index in [0.717, 1.165) is 13.1 Å². The van der Waals surface area contributed by atoms with Gasteiger partial charge in [0.25, 0.3) is 0 Å². The van der Waals surface area contributed by atoms with Crippen LogP contribution in [0.3, 0.4) is 0 Å². The number of benzene rings is 1. The van der Waals surface area contributed by atoms with E-state index in [2.05, 4.69) is 5.32 Å². The highest BCUT2D eigenvalue weighted by Crippen LogP contribution is 2.22. The van der Waals surface area contributed by atoms with E-state index in [1.807, 2.05) is 18.7 Å². The highest BCUT2D eigenvalue weighted by molar-refractivity contribution is 6.31. The zero-order chi connectivity index (χ0) is 15.0. The predicted molar refractivity (Wildman–Crippen MR) is 83.1 cm³/mol. The van der Waals surface area contributed by atoms with Gasteiger partial charge in [0.2, 0.25) is 5.91 Å². The van der Waals surface area contributed by atoms with Gasteiger partial charge in [-0.1, -0.05) is 18.5 Å². The van der Waals surface area contributed by atoms with Gasteiger partial charge in [-0.05, 0) is 31.7 Å². The van der Waals surface area contributed by atoms with E-state index in [4.69, 9.17) is 22.1 Å². The highest BCUT2D eigenvalue weighted by Gasteiger charge is 2.10. The lowest BCUT2D eigenvalue weighted by Gasteiger charge is -2.19. The summed E-state index contributed by atoms with van der Waals surface area (Å²) in [7, 11) is 0. The van der Waals surface area contributed by atoms with Gasteiger partial charge in [-0.15, -0.1) is 0 Å². The number of likely N-dealkylation sites (N-methyl/N-ethyl adjacent to an activating group) is 1. The second kappa shape index (κ2) is 8.79. The predicted octanol–water partition coefficient (Wildman–Crippen LogP) is 2.22. The van der Waals surface area contributed by atoms with Gasteiger partial charge in [-0.25, -0.2) is 0 Å². The van der Waals surface area contributed by atoms with Crippen molar-refractivity contribution in [1.29, 1.82) is 0 Å². The molecular weight excluding hydrogens is 278 g/mol. The van der Waals surface area contributed by atoms with Gasteiger partial charge in [0, 0.05) is 18.2 Å². The fourth-order valence-electron chi connectivity index (χ4n) is 1.73. The van der Waals surface area contributed by atoms with Crippen molar-refractivity contribution in [1.82, 2.24) is 4.90 Å². The number of carbonyl (C=O) groups is 1. The number of carbonyl (C=O) groups excluding carboxylic acids is 1. The molecule has 0 unspecified atom stereocenters. The van der Waals surface area contributed by atoms with Crippen LogP contribution in [0.4, 0.5) is 11.4 Å². The van der Waals surface area contributed by atoms with Gasteiger partial charge in [-0.3, -0.25) is 9.69 Å². The van der Waals surface area contributed by atoms with Gasteiger partial charge in [0.15, 0.2) is 0 Å². The first-order valence-corrected chi connectivity index (χ1v) is 7.09. The number of nitrogens with zero attached hydrogens (tertiary/aromatic N) is 1. The summed E-state index contributed by atoms with van der Waals surface area (Å²) in [5.41, 5.74) is 6.84. The molecular formula is C14H22ClN3O2. The van der Waals surface area contributed by atoms with E-state index in [0.29, 0.717) is 36.2 Å². The Morgan fingerprint density at radius 1 is 1.45 bits per heavy atom. The molecule has 0 atom stereocenters. The molecule has 20 heavy (non-hydrogen) atoms. The summed E-state index contributed by atoms with van der Waals surface area (Å²) in [5.74, 6) is -0.0997. The fourth-order valence-corrected chi connectivity index (χ4v) is 1.91. The van der Waals surface area contributed by atoms with Crippen molar-refractivity contribution in [2.75, 3.05) is 43.9 Å². The van der Waals surface area contributed by atoms with E-state index in [1.54, 1.807) is 18.2 Å². The molecule has 1 amide bonds. The Morgan fingerprint density at radius 3 is 2.80 bits per heavy atom. The largest absolute Gasteiger partial charge is 0.397 e. The SMILES string of the molecule is CCOCCN(CC)CC(=O)Nc1ccc(Cl)cc1N. The maximum atomic E-state index is 12.0. The normalized spacial score (nSPS) is 10.8. The summed E-state index contributed by atoms with van der Waals surface area (Å²) < 4.78 is 5.29. The van der Waals surface area contributed by atoms with Crippen molar-refractivity contribution in [3.63, 3.8) is 0 Å². The van der Waals surface area contributed by atoms with Crippen molar-refractivity contribution in [2.45, 2.75) is 13.8 Å². The quantitative estimate of drug-likeness (QED) is 0.570. The third-order valence-corrected chi connectivity index (χ3v) is 3.09. The highest BCUT2D eigenvalue weighted by atomic mass is 35.5. The lowest BCUT2D eigenvalue weighted by molar-refractivity contribution is -0.117. The minimum Gasteiger partial charge on any atom is -0.397 e. The van der Waals surface area contributed by atoms with Crippen LogP contribution in [0.15, 0.2) is 18.2 Å². The maximum Gasteiger partial charge on any atom is 0.238 e. The van der Waals surface area contributed by atoms with Gasteiger partial charge in [0.05, 0.1) is 24.5 Å². The minimum atomic E-state index is -0.0997. The Bertz CT molecular complexity index is 440. The number of nitrogens with two attached hydrogens (primary N) is 1. The maximum absolute atomic E-state index is 12.0. The van der Waals surface area contributed by atoms with Gasteiger partial charge >= 0.3 is 0 Å². The topological polar surface area (TPSA) is 67.6 Å². The van der Waals surface area contributed by atoms with Gasteiger partial charge in [0.1, 0.15) is 0 Å². The summed E-state index contributed by atoms with van der Waals surface area (Å²) in [6.07, 6.45) is 0. The second-order valence-electron chi connectivity index (χ2n) is 4.35. The van der Waals surface area contributed by atoms with Crippen molar-refractivity contribution in [3.05, 3.63) is 23.2 Å². The van der Waals surface area contributed by atoms with E-state index < -0.39 is 0 Å². The molecule has 3 N–H and O–H groups in total. The first-order valence-electron chi connectivity index (χ1n) is 6.71. The van der Waals surface area contributed by atoms with Crippen molar-refractivity contribution in [2.24, 2.45) is 0 Å². The zero-order valence-corrected chi connectivity index (χ0v) is 12.7. The monoisotopic (exact) mass is 299 g/mol. The molecule has 0 aromatic heterocycles. The molecule has 0 saturated heterocycles. The third-order valence-electron chi connectivity index (χ3n) is 2.86. The Balaban J connectivity index is 2.48. The Morgan fingerprint density at radius 2 is 2.20 bits per heavy atom. The molecule has 0 radical (unpaired) electrons. The number of hydrogen-bond acceptors (Lipinski definition) is 4. The lowest BCUT2D eigenvalue weighted by Crippen LogP contribution is -2.35. The molecule has 0 bridgehead atoms. The van der Waals surface area contributed by atoms with Crippen LogP contribution in [0.5, 0.6) is 0 Å². The molecule has 0 spiro atoms. The van der Waals surface area contributed by atoms with E-state index >= 15 is 0 Å². The lowest BCUT2D eigenvalue weighted by atomic mass is 10.2. The van der Waals surface area contributed by atoms with Crippen molar-refractivity contribution >= 4 is 28.9 Å². The molecule has 1 rings (SSSR count). The molecule has 112 valence electrons. The second-order valence-corrected chi connectivity index (χ2v) is 4.78. The molecule has 0 heterocycles. The number of anilines is 2. The van der Waals surface area contributed by atoms with Gasteiger partial charge < -0.3 is 15.8 Å². The number of nitrogens with one attached hydrogen (secondary N) is 1. The standard InChI is InChI=1S/C14H22ClN3O2/c1-3-18(7-8-20-4-2)10-14(19)17-13-6-5-11(15)9-12(13)16/h5-6,9H,3-4,7-8,10,16H2,1-2H3,(H,17,19). The molecule has 1 aromatic rings. The number of ether oxygens (including phenoxy) is 1. The van der Waals surface area contributed by atoms with Crippen molar-refractivity contribution < 1.29 is 9.53 Å². The van der Waals surface area contributed by atoms with E-state index in [9.17, 15) is 4.79 Å². The number of amides is 1. The molecule has 1 aromatic carbocycles. The van der Waals surface area contributed by atoms with Gasteiger partial charge in [-0.2, -0.15) is 0 Å². The van der Waals surface area contributed by atoms with Crippen LogP contribution in [0, 0.1) is 0 Å². The number of rotatable bonds is 8. The number of nitrogen functional groups attached to an aromatic ring is 1. The van der Waals surface area contributed by atoms with E-state index in [-0.39, 0.29) is 5.91 Å². The molecule has 5 nitrogen and oxygen atoms in total. The minimum absolute atomic E-state index is 0.0997. The van der Waals surface area contributed by atoms with Crippen LogP contribution in [0.1, 0.15) is 13.8 Å². The summed E-state index contributed by atoms with van der Waals surface area (Å²) in [5, 5.41) is 3.34. The molecule has 0 fully saturated rings. The average molecular weight is 300 g/mol. The first kappa shape index (κ1) is 16.8. The first-order chi connectivity index (χ1) is 9.56. The zero-order valence-electron chi connectivity index (χ0n) is 12.0. The third kappa shape index (κ3) is 5.77. The average Bonchev–Trinajstić information content (AvgIpc) is 2.41. The van der Waals surface area contributed by atoms with Crippen LogP contribution in [-0.4, -0.2) is 43.7 Å². The summed E-state index contributed by atoms with van der Waals surface area (Å²) in [6, 6.07) is 5.01. The van der Waals surface area contributed by atoms with Crippen LogP contribution in [0.2, 0.25) is 5.02 Å². The Labute approximate surface area is 125 Å². The molecule has 0 aliphatic heterocycles. The smallest absolute Gasteiger partial charge is 0.238 e. The number of hydrogen-bond donors (Lipinski definition) is 2. The molecule has 0 saturated carbocycles. The Kier molecular flexibility index (Phi) is 7.36. The Hall–Kier alpha value is -1.30. The number of halogens is 1.